The molecule has 2 aliphatic heterocycles. The van der Waals surface area contributed by atoms with E-state index < -0.39 is 0 Å². The van der Waals surface area contributed by atoms with Crippen molar-refractivity contribution < 1.29 is 4.74 Å². The van der Waals surface area contributed by atoms with E-state index in [0.29, 0.717) is 6.61 Å². The molecule has 0 radical (unpaired) electrons. The Bertz CT molecular complexity index is 672. The van der Waals surface area contributed by atoms with Gasteiger partial charge in [0.25, 0.3) is 0 Å². The van der Waals surface area contributed by atoms with Crippen LogP contribution in [0.5, 0.6) is 5.75 Å². The van der Waals surface area contributed by atoms with Crippen molar-refractivity contribution in [1.29, 1.82) is 0 Å². The number of benzene rings is 2. The highest BCUT2D eigenvalue weighted by Gasteiger charge is 2.23. The number of hydrogen-bond donors (Lipinski definition) is 0. The molecule has 2 heterocycles. The molecule has 112 valence electrons. The van der Waals surface area contributed by atoms with Crippen molar-refractivity contribution in [3.63, 3.8) is 0 Å². The summed E-state index contributed by atoms with van der Waals surface area (Å²) in [6.07, 6.45) is 2.29. The summed E-state index contributed by atoms with van der Waals surface area (Å²) < 4.78 is 6.07. The Labute approximate surface area is 132 Å². The lowest BCUT2D eigenvalue weighted by Gasteiger charge is -2.27. The fourth-order valence-electron chi connectivity index (χ4n) is 3.51. The Morgan fingerprint density at radius 3 is 2.36 bits per heavy atom. The maximum Gasteiger partial charge on any atom is 0.127 e. The third-order valence-electron chi connectivity index (χ3n) is 4.77. The minimum absolute atomic E-state index is 0.657. The predicted molar refractivity (Wildman–Crippen MR) is 90.0 cm³/mol. The lowest BCUT2D eigenvalue weighted by molar-refractivity contribution is 0.307. The number of ether oxygens (including phenoxy) is 1. The summed E-state index contributed by atoms with van der Waals surface area (Å²) in [6.45, 7) is 2.94. The van der Waals surface area contributed by atoms with Crippen LogP contribution in [0, 0.1) is 0 Å². The number of piperidine rings is 1. The van der Waals surface area contributed by atoms with E-state index in [2.05, 4.69) is 60.5 Å². The molecule has 1 saturated heterocycles. The quantitative estimate of drug-likeness (QED) is 0.724. The summed E-state index contributed by atoms with van der Waals surface area (Å²) in [5.74, 6) is 1.01. The van der Waals surface area contributed by atoms with Crippen LogP contribution in [0.4, 0.5) is 0 Å². The fourth-order valence-corrected chi connectivity index (χ4v) is 3.51. The van der Waals surface area contributed by atoms with Crippen molar-refractivity contribution in [3.8, 4) is 5.75 Å². The Balaban J connectivity index is 1.93. The van der Waals surface area contributed by atoms with Crippen molar-refractivity contribution in [2.45, 2.75) is 19.4 Å². The standard InChI is InChI=1S/C20H21NO/c1-21-12-10-15(11-13-21)20-17-7-3-2-6-16(17)14-22-19-9-5-4-8-18(19)20/h2-9H,10-14H2,1H3. The first-order valence-corrected chi connectivity index (χ1v) is 8.04. The number of rotatable bonds is 0. The zero-order valence-corrected chi connectivity index (χ0v) is 13.0. The van der Waals surface area contributed by atoms with Gasteiger partial charge in [0, 0.05) is 18.7 Å². The number of para-hydroxylation sites is 1. The van der Waals surface area contributed by atoms with Crippen LogP contribution in [0.25, 0.3) is 5.57 Å². The summed E-state index contributed by atoms with van der Waals surface area (Å²) in [6, 6.07) is 17.2. The van der Waals surface area contributed by atoms with Crippen LogP contribution >= 0.6 is 0 Å². The second-order valence-electron chi connectivity index (χ2n) is 6.22. The molecule has 0 bridgehead atoms. The van der Waals surface area contributed by atoms with Crippen molar-refractivity contribution >= 4 is 5.57 Å². The van der Waals surface area contributed by atoms with E-state index >= 15 is 0 Å². The van der Waals surface area contributed by atoms with Gasteiger partial charge in [-0.2, -0.15) is 0 Å². The molecule has 2 aromatic rings. The molecule has 4 rings (SSSR count). The minimum atomic E-state index is 0.657. The van der Waals surface area contributed by atoms with Crippen molar-refractivity contribution in [2.24, 2.45) is 0 Å². The van der Waals surface area contributed by atoms with E-state index in [-0.39, 0.29) is 0 Å². The number of hydrogen-bond acceptors (Lipinski definition) is 2. The van der Waals surface area contributed by atoms with Crippen LogP contribution in [0.2, 0.25) is 0 Å². The van der Waals surface area contributed by atoms with Gasteiger partial charge >= 0.3 is 0 Å². The van der Waals surface area contributed by atoms with Gasteiger partial charge in [0.15, 0.2) is 0 Å². The third kappa shape index (κ3) is 2.34. The van der Waals surface area contributed by atoms with Crippen LogP contribution < -0.4 is 4.74 Å². The van der Waals surface area contributed by atoms with Gasteiger partial charge in [-0.05, 0) is 42.7 Å². The summed E-state index contributed by atoms with van der Waals surface area (Å²) in [4.78, 5) is 2.41. The Kier molecular flexibility index (Phi) is 3.47. The molecular formula is C20H21NO. The van der Waals surface area contributed by atoms with Gasteiger partial charge in [-0.25, -0.2) is 0 Å². The monoisotopic (exact) mass is 291 g/mol. The first-order valence-electron chi connectivity index (χ1n) is 8.04. The van der Waals surface area contributed by atoms with Crippen molar-refractivity contribution in [1.82, 2.24) is 4.90 Å². The molecule has 0 atom stereocenters. The van der Waals surface area contributed by atoms with Gasteiger partial charge in [-0.15, -0.1) is 0 Å². The smallest absolute Gasteiger partial charge is 0.127 e. The highest BCUT2D eigenvalue weighted by atomic mass is 16.5. The molecule has 0 aromatic heterocycles. The van der Waals surface area contributed by atoms with E-state index in [1.165, 1.54) is 22.3 Å². The van der Waals surface area contributed by atoms with Crippen molar-refractivity contribution in [2.75, 3.05) is 20.1 Å². The predicted octanol–water partition coefficient (Wildman–Crippen LogP) is 4.11. The Morgan fingerprint density at radius 2 is 1.55 bits per heavy atom. The van der Waals surface area contributed by atoms with E-state index in [9.17, 15) is 0 Å². The lowest BCUT2D eigenvalue weighted by Crippen LogP contribution is -2.27. The molecule has 2 heteroatoms. The Hall–Kier alpha value is -2.06. The lowest BCUT2D eigenvalue weighted by atomic mass is 9.86. The fraction of sp³-hybridized carbons (Fsp3) is 0.300. The normalized spacial score (nSPS) is 18.2. The van der Waals surface area contributed by atoms with Crippen LogP contribution in [-0.4, -0.2) is 25.0 Å². The summed E-state index contributed by atoms with van der Waals surface area (Å²) in [5, 5.41) is 0. The summed E-state index contributed by atoms with van der Waals surface area (Å²) >= 11 is 0. The average Bonchev–Trinajstić information content (AvgIpc) is 2.73. The molecule has 2 aliphatic rings. The molecular weight excluding hydrogens is 270 g/mol. The highest BCUT2D eigenvalue weighted by molar-refractivity contribution is 5.87. The Morgan fingerprint density at radius 1 is 0.864 bits per heavy atom. The topological polar surface area (TPSA) is 12.5 Å². The maximum atomic E-state index is 6.07. The molecule has 2 aromatic carbocycles. The molecule has 2 nitrogen and oxygen atoms in total. The second kappa shape index (κ2) is 5.62. The molecule has 0 N–H and O–H groups in total. The van der Waals surface area contributed by atoms with E-state index in [1.807, 2.05) is 0 Å². The molecule has 0 unspecified atom stereocenters. The SMILES string of the molecule is CN1CCC(=C2c3ccccc3COc3ccccc32)CC1. The number of likely N-dealkylation sites (tertiary alicyclic amines) is 1. The van der Waals surface area contributed by atoms with E-state index in [4.69, 9.17) is 4.74 Å². The molecule has 0 spiro atoms. The van der Waals surface area contributed by atoms with E-state index in [1.54, 1.807) is 5.57 Å². The highest BCUT2D eigenvalue weighted by Crippen LogP contribution is 2.40. The van der Waals surface area contributed by atoms with Crippen LogP contribution in [0.15, 0.2) is 54.1 Å². The molecule has 0 saturated carbocycles. The van der Waals surface area contributed by atoms with Crippen LogP contribution in [-0.2, 0) is 6.61 Å². The molecule has 0 aliphatic carbocycles. The van der Waals surface area contributed by atoms with Gasteiger partial charge < -0.3 is 9.64 Å². The van der Waals surface area contributed by atoms with Crippen LogP contribution in [0.3, 0.4) is 0 Å². The molecule has 0 amide bonds. The number of fused-ring (bicyclic) bond motifs is 2. The zero-order valence-electron chi connectivity index (χ0n) is 13.0. The maximum absolute atomic E-state index is 6.07. The van der Waals surface area contributed by atoms with Gasteiger partial charge in [-0.3, -0.25) is 0 Å². The van der Waals surface area contributed by atoms with Gasteiger partial charge in [-0.1, -0.05) is 48.0 Å². The number of nitrogens with zero attached hydrogens (tertiary/aromatic N) is 1. The minimum Gasteiger partial charge on any atom is -0.488 e. The second-order valence-corrected chi connectivity index (χ2v) is 6.22. The molecule has 22 heavy (non-hydrogen) atoms. The van der Waals surface area contributed by atoms with Crippen LogP contribution in [0.1, 0.15) is 29.5 Å². The first-order chi connectivity index (χ1) is 10.8. The zero-order chi connectivity index (χ0) is 14.9. The van der Waals surface area contributed by atoms with Gasteiger partial charge in [0.05, 0.1) is 0 Å². The largest absolute Gasteiger partial charge is 0.488 e. The van der Waals surface area contributed by atoms with Crippen molar-refractivity contribution in [3.05, 3.63) is 70.8 Å². The van der Waals surface area contributed by atoms with Gasteiger partial charge in [0.2, 0.25) is 0 Å². The average molecular weight is 291 g/mol. The third-order valence-corrected chi connectivity index (χ3v) is 4.77. The van der Waals surface area contributed by atoms with E-state index in [0.717, 1.165) is 31.7 Å². The summed E-state index contributed by atoms with van der Waals surface area (Å²) in [7, 11) is 2.21. The summed E-state index contributed by atoms with van der Waals surface area (Å²) in [5.41, 5.74) is 6.89. The molecule has 1 fully saturated rings. The van der Waals surface area contributed by atoms with Gasteiger partial charge in [0.1, 0.15) is 12.4 Å². The first kappa shape index (κ1) is 13.6.